The van der Waals surface area contributed by atoms with Crippen LogP contribution in [0.4, 0.5) is 0 Å². The average molecular weight is 356 g/mol. The quantitative estimate of drug-likeness (QED) is 0.736. The van der Waals surface area contributed by atoms with Gasteiger partial charge < -0.3 is 14.4 Å². The highest BCUT2D eigenvalue weighted by Gasteiger charge is 2.24. The predicted octanol–water partition coefficient (Wildman–Crippen LogP) is 2.96. The number of rotatable bonds is 6. The van der Waals surface area contributed by atoms with Gasteiger partial charge in [0.25, 0.3) is 5.91 Å². The summed E-state index contributed by atoms with van der Waals surface area (Å²) in [5, 5.41) is 0. The van der Waals surface area contributed by atoms with Gasteiger partial charge in [0, 0.05) is 31.3 Å². The molecule has 0 N–H and O–H groups in total. The van der Waals surface area contributed by atoms with Gasteiger partial charge in [-0.1, -0.05) is 12.1 Å². The molecule has 1 saturated heterocycles. The normalized spacial score (nSPS) is 16.2. The Morgan fingerprint density at radius 2 is 2.00 bits per heavy atom. The second kappa shape index (κ2) is 8.51. The first kappa shape index (κ1) is 16.5. The summed E-state index contributed by atoms with van der Waals surface area (Å²) in [6, 6.07) is 7.59. The fourth-order valence-corrected chi connectivity index (χ4v) is 2.95. The number of carbonyl (C=O) groups is 1. The van der Waals surface area contributed by atoms with E-state index in [1.54, 1.807) is 7.11 Å². The molecule has 0 aliphatic carbocycles. The summed E-state index contributed by atoms with van der Waals surface area (Å²) < 4.78 is 11.4. The van der Waals surface area contributed by atoms with Crippen LogP contribution in [0.15, 0.2) is 28.7 Å². The summed E-state index contributed by atoms with van der Waals surface area (Å²) in [5.41, 5.74) is 0.743. The summed E-state index contributed by atoms with van der Waals surface area (Å²) >= 11 is 3.44. The number of nitrogens with zero attached hydrogens (tertiary/aromatic N) is 1. The van der Waals surface area contributed by atoms with E-state index in [-0.39, 0.29) is 5.91 Å². The van der Waals surface area contributed by atoms with Crippen LogP contribution in [0.25, 0.3) is 0 Å². The summed E-state index contributed by atoms with van der Waals surface area (Å²) in [6.45, 7) is 3.66. The van der Waals surface area contributed by atoms with Crippen LogP contribution < -0.4 is 0 Å². The molecule has 5 heteroatoms. The van der Waals surface area contributed by atoms with Crippen LogP contribution in [0, 0.1) is 5.92 Å². The number of hydrogen-bond acceptors (Lipinski definition) is 3. The van der Waals surface area contributed by atoms with Gasteiger partial charge in [-0.3, -0.25) is 4.79 Å². The standard InChI is InChI=1S/C16H22BrNO3/c1-20-10-11-21-12-13-6-8-18(9-7-13)16(19)14-4-2-3-5-15(14)17/h2-5,13H,6-12H2,1H3. The van der Waals surface area contributed by atoms with Crippen LogP contribution in [-0.4, -0.2) is 50.8 Å². The zero-order chi connectivity index (χ0) is 15.1. The second-order valence-corrected chi connectivity index (χ2v) is 6.14. The van der Waals surface area contributed by atoms with Crippen LogP contribution in [-0.2, 0) is 9.47 Å². The van der Waals surface area contributed by atoms with Gasteiger partial charge in [0.15, 0.2) is 0 Å². The van der Waals surface area contributed by atoms with Crippen molar-refractivity contribution in [3.8, 4) is 0 Å². The Balaban J connectivity index is 1.78. The fraction of sp³-hybridized carbons (Fsp3) is 0.562. The van der Waals surface area contributed by atoms with Gasteiger partial charge in [-0.05, 0) is 46.8 Å². The first-order valence-corrected chi connectivity index (χ1v) is 8.12. The van der Waals surface area contributed by atoms with Crippen molar-refractivity contribution >= 4 is 21.8 Å². The number of benzene rings is 1. The molecule has 0 unspecified atom stereocenters. The number of carbonyl (C=O) groups excluding carboxylic acids is 1. The van der Waals surface area contributed by atoms with Crippen molar-refractivity contribution in [1.29, 1.82) is 0 Å². The molecule has 0 aromatic heterocycles. The van der Waals surface area contributed by atoms with Gasteiger partial charge in [0.2, 0.25) is 0 Å². The number of methoxy groups -OCH3 is 1. The Morgan fingerprint density at radius 3 is 2.67 bits per heavy atom. The lowest BCUT2D eigenvalue weighted by Crippen LogP contribution is -2.39. The highest BCUT2D eigenvalue weighted by atomic mass is 79.9. The number of piperidine rings is 1. The van der Waals surface area contributed by atoms with Crippen molar-refractivity contribution in [3.63, 3.8) is 0 Å². The Morgan fingerprint density at radius 1 is 1.29 bits per heavy atom. The lowest BCUT2D eigenvalue weighted by Gasteiger charge is -2.32. The molecule has 21 heavy (non-hydrogen) atoms. The van der Waals surface area contributed by atoms with Gasteiger partial charge in [0.1, 0.15) is 0 Å². The molecule has 0 spiro atoms. The van der Waals surface area contributed by atoms with Gasteiger partial charge in [-0.25, -0.2) is 0 Å². The number of halogens is 1. The average Bonchev–Trinajstić information content (AvgIpc) is 2.52. The zero-order valence-corrected chi connectivity index (χ0v) is 14.0. The Bertz CT molecular complexity index is 459. The SMILES string of the molecule is COCCOCC1CCN(C(=O)c2ccccc2Br)CC1. The van der Waals surface area contributed by atoms with E-state index in [0.717, 1.165) is 42.6 Å². The van der Waals surface area contributed by atoms with Crippen LogP contribution in [0.5, 0.6) is 0 Å². The van der Waals surface area contributed by atoms with Crippen molar-refractivity contribution in [2.45, 2.75) is 12.8 Å². The molecule has 116 valence electrons. The molecule has 1 heterocycles. The topological polar surface area (TPSA) is 38.8 Å². The van der Waals surface area contributed by atoms with Gasteiger partial charge >= 0.3 is 0 Å². The number of likely N-dealkylation sites (tertiary alicyclic amines) is 1. The number of hydrogen-bond donors (Lipinski definition) is 0. The Labute approximate surface area is 134 Å². The summed E-state index contributed by atoms with van der Waals surface area (Å²) in [7, 11) is 1.68. The van der Waals surface area contributed by atoms with Gasteiger partial charge in [-0.2, -0.15) is 0 Å². The third-order valence-corrected chi connectivity index (χ3v) is 4.48. The van der Waals surface area contributed by atoms with Crippen molar-refractivity contribution in [3.05, 3.63) is 34.3 Å². The smallest absolute Gasteiger partial charge is 0.254 e. The number of amides is 1. The molecule has 1 fully saturated rings. The molecule has 1 amide bonds. The van der Waals surface area contributed by atoms with E-state index in [2.05, 4.69) is 15.9 Å². The minimum absolute atomic E-state index is 0.112. The van der Waals surface area contributed by atoms with Crippen LogP contribution in [0.2, 0.25) is 0 Å². The third-order valence-electron chi connectivity index (χ3n) is 3.79. The number of ether oxygens (including phenoxy) is 2. The van der Waals surface area contributed by atoms with Gasteiger partial charge in [-0.15, -0.1) is 0 Å². The van der Waals surface area contributed by atoms with Crippen molar-refractivity contribution in [2.24, 2.45) is 5.92 Å². The fourth-order valence-electron chi connectivity index (χ4n) is 2.50. The lowest BCUT2D eigenvalue weighted by atomic mass is 9.97. The molecular weight excluding hydrogens is 334 g/mol. The molecule has 1 aromatic rings. The zero-order valence-electron chi connectivity index (χ0n) is 12.4. The monoisotopic (exact) mass is 355 g/mol. The van der Waals surface area contributed by atoms with E-state index < -0.39 is 0 Å². The predicted molar refractivity (Wildman–Crippen MR) is 85.5 cm³/mol. The second-order valence-electron chi connectivity index (χ2n) is 5.28. The Hall–Kier alpha value is -0.910. The summed E-state index contributed by atoms with van der Waals surface area (Å²) in [4.78, 5) is 14.4. The summed E-state index contributed by atoms with van der Waals surface area (Å²) in [5.74, 6) is 0.659. The molecule has 1 aliphatic rings. The van der Waals surface area contributed by atoms with E-state index in [9.17, 15) is 4.79 Å². The van der Waals surface area contributed by atoms with E-state index in [1.165, 1.54) is 0 Å². The van der Waals surface area contributed by atoms with Gasteiger partial charge in [0.05, 0.1) is 18.8 Å². The highest BCUT2D eigenvalue weighted by Crippen LogP contribution is 2.22. The Kier molecular flexibility index (Phi) is 6.67. The van der Waals surface area contributed by atoms with E-state index >= 15 is 0 Å². The van der Waals surface area contributed by atoms with Crippen LogP contribution in [0.3, 0.4) is 0 Å². The molecule has 0 atom stereocenters. The molecule has 0 saturated carbocycles. The maximum atomic E-state index is 12.5. The first-order valence-electron chi connectivity index (χ1n) is 7.33. The highest BCUT2D eigenvalue weighted by molar-refractivity contribution is 9.10. The maximum Gasteiger partial charge on any atom is 0.254 e. The maximum absolute atomic E-state index is 12.5. The van der Waals surface area contributed by atoms with E-state index in [4.69, 9.17) is 9.47 Å². The molecule has 2 rings (SSSR count). The minimum atomic E-state index is 0.112. The summed E-state index contributed by atoms with van der Waals surface area (Å²) in [6.07, 6.45) is 2.01. The van der Waals surface area contributed by atoms with Crippen LogP contribution in [0.1, 0.15) is 23.2 Å². The lowest BCUT2D eigenvalue weighted by molar-refractivity contribution is 0.0327. The van der Waals surface area contributed by atoms with Crippen molar-refractivity contribution in [1.82, 2.24) is 4.90 Å². The van der Waals surface area contributed by atoms with Crippen LogP contribution >= 0.6 is 15.9 Å². The molecule has 0 radical (unpaired) electrons. The third kappa shape index (κ3) is 4.80. The molecule has 1 aliphatic heterocycles. The largest absolute Gasteiger partial charge is 0.382 e. The van der Waals surface area contributed by atoms with Crippen molar-refractivity contribution in [2.75, 3.05) is 40.0 Å². The van der Waals surface area contributed by atoms with E-state index in [0.29, 0.717) is 19.1 Å². The molecule has 0 bridgehead atoms. The van der Waals surface area contributed by atoms with Crippen molar-refractivity contribution < 1.29 is 14.3 Å². The molecular formula is C16H22BrNO3. The molecule has 4 nitrogen and oxygen atoms in total. The van der Waals surface area contributed by atoms with E-state index in [1.807, 2.05) is 29.2 Å². The minimum Gasteiger partial charge on any atom is -0.382 e. The first-order chi connectivity index (χ1) is 10.2. The molecule has 1 aromatic carbocycles.